The minimum atomic E-state index is -1.88. The summed E-state index contributed by atoms with van der Waals surface area (Å²) >= 11 is 0. The van der Waals surface area contributed by atoms with Crippen molar-refractivity contribution < 1.29 is 168 Å². The molecule has 7 heterocycles. The molecular weight excluding hydrogens is 1460 g/mol. The Morgan fingerprint density at radius 3 is 1.77 bits per heavy atom. The number of esters is 2. The summed E-state index contributed by atoms with van der Waals surface area (Å²) in [5.41, 5.74) is -0.119. The number of carbonyl (C=O) groups is 2. The van der Waals surface area contributed by atoms with Crippen LogP contribution >= 0.6 is 0 Å². The molecule has 2 aromatic rings. The van der Waals surface area contributed by atoms with E-state index in [4.69, 9.17) is 66.3 Å². The Kier molecular flexibility index (Phi) is 26.7. The zero-order valence-electron chi connectivity index (χ0n) is 62.1. The van der Waals surface area contributed by atoms with Gasteiger partial charge in [0.05, 0.1) is 80.4 Å². The molecule has 4 saturated carbocycles. The second-order valence-corrected chi connectivity index (χ2v) is 32.1. The first-order valence-electron chi connectivity index (χ1n) is 38.2. The zero-order chi connectivity index (χ0) is 79.3. The number of phenols is 4. The standard InChI is InChI=1S/C41H64O14.C35H46O20/c1-19-36(47)28(42)15-34(50-19)54-38-21(3)52-35(17-30(38)44)55-37-20(2)51-33(16-29(37)43)53-24-8-10-39(4)23(13-24)6-7-26-27(39)14-31(45)40(5)25(9-11-41(26,40)48)22-12-32(46)49-18-22;1-14-24(42)26(44)29(47)35(51-14)55-32-30(48)34(49-9-8-16-3-6-18(38)20(40)11-16)53-22(13-50-33-28(46)27(45)25(43)21(12-36)52-33)31(32)54-23(41)7-4-15-2-5-17(37)19(39)10-15/h12,19-21,23-31,33-38,42-45,47-48H,6-11,13-18H2,1-5H3;2-7,10-11,14,21-22,24-40,42-48H,8-9,12-13H2,1H3/b;7-4+/t19-,20-,21-,23-,24+,25-,26-,27+,28+,29+,30+,31-,33+,34+,35+,36-,37-,38-,39+,40+,41+;14-,21+,22+,24-,25+,26+,27-,28+,29+,30+,31+,32+,33+,34+,35-/m10/s1. The van der Waals surface area contributed by atoms with Crippen LogP contribution in [0.15, 0.2) is 54.1 Å². The Hall–Kier alpha value is -4.98. The van der Waals surface area contributed by atoms with Gasteiger partial charge in [0.25, 0.3) is 0 Å². The fourth-order valence-electron chi connectivity index (χ4n) is 18.9. The van der Waals surface area contributed by atoms with Crippen molar-refractivity contribution in [3.05, 3.63) is 65.3 Å². The highest BCUT2D eigenvalue weighted by atomic mass is 16.8. The number of ether oxygens (including phenoxy) is 14. The molecule has 0 spiro atoms. The van der Waals surface area contributed by atoms with E-state index < -0.39 is 214 Å². The summed E-state index contributed by atoms with van der Waals surface area (Å²) in [4.78, 5) is 25.2. The number of hydrogen-bond acceptors (Lipinski definition) is 34. The monoisotopic (exact) mass is 1570 g/mol. The van der Waals surface area contributed by atoms with E-state index in [9.17, 15) is 102 Å². The zero-order valence-corrected chi connectivity index (χ0v) is 62.1. The summed E-state index contributed by atoms with van der Waals surface area (Å²) < 4.78 is 82.3. The highest BCUT2D eigenvalue weighted by Crippen LogP contribution is 2.70. The molecule has 110 heavy (non-hydrogen) atoms. The molecule has 13 rings (SSSR count). The Morgan fingerprint density at radius 1 is 0.545 bits per heavy atom. The highest BCUT2D eigenvalue weighted by molar-refractivity contribution is 5.87. The number of rotatable bonds is 20. The average molecular weight is 1570 g/mol. The van der Waals surface area contributed by atoms with Crippen LogP contribution in [0.2, 0.25) is 0 Å². The summed E-state index contributed by atoms with van der Waals surface area (Å²) in [5, 5.41) is 190. The highest BCUT2D eigenvalue weighted by Gasteiger charge is 2.71. The van der Waals surface area contributed by atoms with Crippen molar-refractivity contribution in [3.63, 3.8) is 0 Å². The lowest BCUT2D eigenvalue weighted by Gasteiger charge is -2.65. The lowest BCUT2D eigenvalue weighted by Crippen LogP contribution is -2.67. The lowest BCUT2D eigenvalue weighted by molar-refractivity contribution is -0.364. The molecule has 36 atom stereocenters. The molecule has 0 bridgehead atoms. The number of aliphatic hydroxyl groups is 14. The van der Waals surface area contributed by atoms with Crippen molar-refractivity contribution in [2.75, 3.05) is 26.4 Å². The number of benzene rings is 2. The molecule has 11 aliphatic rings. The van der Waals surface area contributed by atoms with Crippen LogP contribution in [-0.2, 0) is 82.3 Å². The largest absolute Gasteiger partial charge is 0.504 e. The van der Waals surface area contributed by atoms with Crippen molar-refractivity contribution in [1.29, 1.82) is 0 Å². The Morgan fingerprint density at radius 2 is 1.15 bits per heavy atom. The van der Waals surface area contributed by atoms with Crippen LogP contribution in [0.5, 0.6) is 23.0 Å². The van der Waals surface area contributed by atoms with Crippen molar-refractivity contribution in [3.8, 4) is 23.0 Å². The molecule has 0 amide bonds. The topological polar surface area (TPSA) is 528 Å². The number of aromatic hydroxyl groups is 4. The molecular formula is C76H110O34. The van der Waals surface area contributed by atoms with Crippen molar-refractivity contribution in [2.45, 2.75) is 302 Å². The summed E-state index contributed by atoms with van der Waals surface area (Å²) in [6, 6.07) is 7.75. The van der Waals surface area contributed by atoms with Gasteiger partial charge in [0.15, 0.2) is 66.8 Å². The van der Waals surface area contributed by atoms with Crippen LogP contribution in [-0.4, -0.2) is 314 Å². The van der Waals surface area contributed by atoms with Crippen LogP contribution in [0.3, 0.4) is 0 Å². The lowest BCUT2D eigenvalue weighted by atomic mass is 9.42. The molecule has 34 nitrogen and oxygen atoms in total. The van der Waals surface area contributed by atoms with Gasteiger partial charge in [-0.15, -0.1) is 0 Å². The summed E-state index contributed by atoms with van der Waals surface area (Å²) in [5.74, 6) is -2.50. The third-order valence-electron chi connectivity index (χ3n) is 25.3. The molecule has 0 unspecified atom stereocenters. The van der Waals surface area contributed by atoms with E-state index in [1.165, 1.54) is 43.3 Å². The van der Waals surface area contributed by atoms with Crippen LogP contribution in [0.1, 0.15) is 123 Å². The number of aliphatic hydroxyl groups excluding tert-OH is 13. The minimum absolute atomic E-state index is 0.0452. The number of carbonyl (C=O) groups excluding carboxylic acids is 2. The van der Waals surface area contributed by atoms with E-state index in [0.29, 0.717) is 24.3 Å². The molecule has 0 radical (unpaired) electrons. The average Bonchev–Trinajstić information content (AvgIpc) is 1.46. The molecule has 4 aliphatic carbocycles. The van der Waals surface area contributed by atoms with E-state index >= 15 is 0 Å². The van der Waals surface area contributed by atoms with Gasteiger partial charge in [-0.3, -0.25) is 0 Å². The van der Waals surface area contributed by atoms with E-state index in [1.807, 2.05) is 13.8 Å². The molecule has 34 heteroatoms. The molecule has 2 aromatic carbocycles. The van der Waals surface area contributed by atoms with Crippen LogP contribution in [0.25, 0.3) is 6.08 Å². The van der Waals surface area contributed by atoms with Crippen molar-refractivity contribution in [2.24, 2.45) is 34.5 Å². The molecule has 10 fully saturated rings. The van der Waals surface area contributed by atoms with Gasteiger partial charge >= 0.3 is 11.9 Å². The first-order chi connectivity index (χ1) is 52.1. The molecule has 7 aliphatic heterocycles. The number of cyclic esters (lactones) is 1. The predicted molar refractivity (Wildman–Crippen MR) is 372 cm³/mol. The van der Waals surface area contributed by atoms with Gasteiger partial charge in [0.2, 0.25) is 0 Å². The van der Waals surface area contributed by atoms with E-state index in [2.05, 4.69) is 6.92 Å². The Bertz CT molecular complexity index is 3460. The third-order valence-corrected chi connectivity index (χ3v) is 25.3. The Balaban J connectivity index is 0.000000205. The summed E-state index contributed by atoms with van der Waals surface area (Å²) in [6.07, 6.45) is -24.1. The van der Waals surface area contributed by atoms with Gasteiger partial charge in [0.1, 0.15) is 86.0 Å². The van der Waals surface area contributed by atoms with Crippen molar-refractivity contribution >= 4 is 18.0 Å². The number of phenolic OH excluding ortho intramolecular Hbond substituents is 4. The maximum Gasteiger partial charge on any atom is 0.331 e. The van der Waals surface area contributed by atoms with Gasteiger partial charge in [-0.25, -0.2) is 9.59 Å². The van der Waals surface area contributed by atoms with E-state index in [-0.39, 0.29) is 91.2 Å². The van der Waals surface area contributed by atoms with Crippen LogP contribution in [0, 0.1) is 34.5 Å². The van der Waals surface area contributed by atoms with Gasteiger partial charge in [-0.1, -0.05) is 26.0 Å². The van der Waals surface area contributed by atoms with Crippen LogP contribution < -0.4 is 0 Å². The SMILES string of the molecule is C[C@@H]1O[C@@H](O[C@@H]2[C@@H](O)[C@H](OCCc3ccc(O)c(O)c3)O[C@H](CO[C@@H]3O[C@H](CO)[C@@H](O)[C@H](O)[C@H]3O)[C@H]2OC(=O)/C=C/c2ccc(O)c(O)c2)[C@H](O)[C@H](O)[C@H]1O.C[C@H]1O[C@@H](O[C@H]2[C@@H](O)C[C@H](O[C@H]3[C@@H](O)C[C@H](O[C@H]4CC[C@@]5(C)[C@H](CC[C@@H]6[C@@H]5C[C@@H](O)[C@]5(C)[C@@H](C7=CC(=O)OC7)CC[C@]65O)C4)O[C@@H]3C)O[C@@H]2C)C[C@H](O)[C@@H]1O. The van der Waals surface area contributed by atoms with E-state index in [0.717, 1.165) is 56.2 Å². The molecule has 18 N–H and O–H groups in total. The van der Waals surface area contributed by atoms with Gasteiger partial charge in [0, 0.05) is 36.8 Å². The quantitative estimate of drug-likeness (QED) is 0.0328. The van der Waals surface area contributed by atoms with Crippen LogP contribution in [0.4, 0.5) is 0 Å². The van der Waals surface area contributed by atoms with E-state index in [1.54, 1.807) is 19.9 Å². The number of fused-ring (bicyclic) bond motifs is 5. The second-order valence-electron chi connectivity index (χ2n) is 32.1. The fourth-order valence-corrected chi connectivity index (χ4v) is 18.9. The molecule has 618 valence electrons. The Labute approximate surface area is 635 Å². The molecule has 6 saturated heterocycles. The first kappa shape index (κ1) is 84.4. The summed E-state index contributed by atoms with van der Waals surface area (Å²) in [6.45, 7) is 9.64. The third kappa shape index (κ3) is 17.4. The molecule has 0 aromatic heterocycles. The van der Waals surface area contributed by atoms with Gasteiger partial charge in [-0.05, 0) is 162 Å². The maximum atomic E-state index is 13.3. The fraction of sp³-hybridized carbons (Fsp3) is 0.763. The number of hydrogen-bond donors (Lipinski definition) is 18. The maximum absolute atomic E-state index is 13.3. The normalized spacial score (nSPS) is 46.2. The summed E-state index contributed by atoms with van der Waals surface area (Å²) in [7, 11) is 0. The van der Waals surface area contributed by atoms with Gasteiger partial charge < -0.3 is 158 Å². The van der Waals surface area contributed by atoms with Gasteiger partial charge in [-0.2, -0.15) is 0 Å². The second kappa shape index (κ2) is 34.8. The minimum Gasteiger partial charge on any atom is -0.504 e. The van der Waals surface area contributed by atoms with Crippen molar-refractivity contribution in [1.82, 2.24) is 0 Å². The predicted octanol–water partition coefficient (Wildman–Crippen LogP) is -0.974. The smallest absolute Gasteiger partial charge is 0.331 e. The first-order valence-corrected chi connectivity index (χ1v) is 38.2.